The highest BCUT2D eigenvalue weighted by Crippen LogP contribution is 2.24. The van der Waals surface area contributed by atoms with Gasteiger partial charge in [-0.2, -0.15) is 0 Å². The molecule has 3 rings (SSSR count). The number of rotatable bonds is 5. The van der Waals surface area contributed by atoms with Crippen molar-refractivity contribution in [2.45, 2.75) is 25.0 Å². The number of carbonyl (C=O) groups excluding carboxylic acids is 1. The predicted octanol–water partition coefficient (Wildman–Crippen LogP) is 1.32. The van der Waals surface area contributed by atoms with E-state index in [1.807, 2.05) is 4.90 Å². The minimum atomic E-state index is -0.888. The van der Waals surface area contributed by atoms with Gasteiger partial charge in [-0.05, 0) is 24.1 Å². The van der Waals surface area contributed by atoms with E-state index in [-0.39, 0.29) is 12.0 Å². The number of aliphatic hydroxyl groups excluding tert-OH is 1. The molecular weight excluding hydrogens is 318 g/mol. The van der Waals surface area contributed by atoms with E-state index in [1.165, 1.54) is 6.07 Å². The SMILES string of the molecule is O=C1CCCN1CC(O)CN1CCOC(c2ccc(F)c(F)c2)C1. The van der Waals surface area contributed by atoms with Crippen molar-refractivity contribution in [2.75, 3.05) is 39.3 Å². The number of aliphatic hydroxyl groups is 1. The number of halogens is 2. The molecule has 2 unspecified atom stereocenters. The Balaban J connectivity index is 1.55. The van der Waals surface area contributed by atoms with Crippen LogP contribution >= 0.6 is 0 Å². The summed E-state index contributed by atoms with van der Waals surface area (Å²) < 4.78 is 32.1. The molecule has 1 aromatic carbocycles. The number of hydrogen-bond donors (Lipinski definition) is 1. The molecule has 0 spiro atoms. The molecule has 1 aromatic rings. The summed E-state index contributed by atoms with van der Waals surface area (Å²) >= 11 is 0. The first-order valence-electron chi connectivity index (χ1n) is 8.27. The molecule has 1 N–H and O–H groups in total. The molecule has 2 aliphatic rings. The second kappa shape index (κ2) is 7.55. The molecular formula is C17H22F2N2O3. The van der Waals surface area contributed by atoms with Crippen LogP contribution in [0.2, 0.25) is 0 Å². The minimum absolute atomic E-state index is 0.0932. The fourth-order valence-electron chi connectivity index (χ4n) is 3.29. The number of ether oxygens (including phenoxy) is 1. The van der Waals surface area contributed by atoms with E-state index in [0.29, 0.717) is 51.3 Å². The van der Waals surface area contributed by atoms with Crippen LogP contribution in [0.4, 0.5) is 8.78 Å². The molecule has 0 saturated carbocycles. The fourth-order valence-corrected chi connectivity index (χ4v) is 3.29. The lowest BCUT2D eigenvalue weighted by Crippen LogP contribution is -2.45. The van der Waals surface area contributed by atoms with Crippen molar-refractivity contribution in [3.05, 3.63) is 35.4 Å². The molecule has 7 heteroatoms. The number of amides is 1. The number of β-amino-alcohol motifs (C(OH)–C–C–N with tert-alkyl or cyclic N) is 1. The molecule has 132 valence electrons. The van der Waals surface area contributed by atoms with Crippen LogP contribution in [0.3, 0.4) is 0 Å². The zero-order chi connectivity index (χ0) is 17.1. The third-order valence-corrected chi connectivity index (χ3v) is 4.54. The standard InChI is InChI=1S/C17H22F2N2O3/c18-14-4-3-12(8-15(14)19)16-11-20(6-7-24-16)9-13(22)10-21-5-1-2-17(21)23/h3-4,8,13,16,22H,1-2,5-7,9-11H2. The van der Waals surface area contributed by atoms with Crippen molar-refractivity contribution in [3.8, 4) is 0 Å². The van der Waals surface area contributed by atoms with E-state index >= 15 is 0 Å². The molecule has 0 aromatic heterocycles. The lowest BCUT2D eigenvalue weighted by Gasteiger charge is -2.35. The van der Waals surface area contributed by atoms with Crippen molar-refractivity contribution >= 4 is 5.91 Å². The summed E-state index contributed by atoms with van der Waals surface area (Å²) in [6, 6.07) is 3.77. The maximum atomic E-state index is 13.4. The number of hydrogen-bond acceptors (Lipinski definition) is 4. The molecule has 2 saturated heterocycles. The van der Waals surface area contributed by atoms with Crippen molar-refractivity contribution in [1.82, 2.24) is 9.80 Å². The maximum Gasteiger partial charge on any atom is 0.222 e. The van der Waals surface area contributed by atoms with Gasteiger partial charge in [-0.25, -0.2) is 8.78 Å². The van der Waals surface area contributed by atoms with E-state index < -0.39 is 17.7 Å². The van der Waals surface area contributed by atoms with Gasteiger partial charge in [-0.15, -0.1) is 0 Å². The summed E-state index contributed by atoms with van der Waals surface area (Å²) in [7, 11) is 0. The van der Waals surface area contributed by atoms with Crippen molar-refractivity contribution in [3.63, 3.8) is 0 Å². The second-order valence-electron chi connectivity index (χ2n) is 6.39. The fraction of sp³-hybridized carbons (Fsp3) is 0.588. The Hall–Kier alpha value is -1.57. The second-order valence-corrected chi connectivity index (χ2v) is 6.39. The molecule has 0 aliphatic carbocycles. The highest BCUT2D eigenvalue weighted by molar-refractivity contribution is 5.78. The number of nitrogens with zero attached hydrogens (tertiary/aromatic N) is 2. The number of benzene rings is 1. The molecule has 2 fully saturated rings. The first-order chi connectivity index (χ1) is 11.5. The molecule has 1 amide bonds. The van der Waals surface area contributed by atoms with Gasteiger partial charge in [0.25, 0.3) is 0 Å². The summed E-state index contributed by atoms with van der Waals surface area (Å²) in [6.07, 6.45) is 0.425. The Bertz CT molecular complexity index is 599. The zero-order valence-corrected chi connectivity index (χ0v) is 13.5. The number of carbonyl (C=O) groups is 1. The van der Waals surface area contributed by atoms with E-state index in [9.17, 15) is 18.7 Å². The summed E-state index contributed by atoms with van der Waals surface area (Å²) in [6.45, 7) is 3.08. The smallest absolute Gasteiger partial charge is 0.222 e. The monoisotopic (exact) mass is 340 g/mol. The average molecular weight is 340 g/mol. The molecule has 0 radical (unpaired) electrons. The van der Waals surface area contributed by atoms with Crippen LogP contribution in [0, 0.1) is 11.6 Å². The van der Waals surface area contributed by atoms with Crippen LogP contribution < -0.4 is 0 Å². The Morgan fingerprint density at radius 1 is 1.25 bits per heavy atom. The minimum Gasteiger partial charge on any atom is -0.390 e. The lowest BCUT2D eigenvalue weighted by atomic mass is 10.1. The normalized spacial score (nSPS) is 23.7. The Morgan fingerprint density at radius 3 is 2.79 bits per heavy atom. The Kier molecular flexibility index (Phi) is 5.43. The van der Waals surface area contributed by atoms with Gasteiger partial charge in [-0.1, -0.05) is 6.07 Å². The van der Waals surface area contributed by atoms with E-state index in [4.69, 9.17) is 4.74 Å². The number of likely N-dealkylation sites (tertiary alicyclic amines) is 1. The molecule has 5 nitrogen and oxygen atoms in total. The summed E-state index contributed by atoms with van der Waals surface area (Å²) in [4.78, 5) is 15.3. The van der Waals surface area contributed by atoms with Crippen LogP contribution in [0.1, 0.15) is 24.5 Å². The summed E-state index contributed by atoms with van der Waals surface area (Å²) in [5, 5.41) is 10.2. The predicted molar refractivity (Wildman–Crippen MR) is 83.3 cm³/mol. The van der Waals surface area contributed by atoms with Crippen molar-refractivity contribution in [1.29, 1.82) is 0 Å². The average Bonchev–Trinajstić information content (AvgIpc) is 2.95. The summed E-state index contributed by atoms with van der Waals surface area (Å²) in [5.41, 5.74) is 0.586. The van der Waals surface area contributed by atoms with E-state index in [0.717, 1.165) is 18.6 Å². The molecule has 2 heterocycles. The van der Waals surface area contributed by atoms with Crippen LogP contribution in [0.15, 0.2) is 18.2 Å². The van der Waals surface area contributed by atoms with E-state index in [1.54, 1.807) is 4.90 Å². The van der Waals surface area contributed by atoms with Gasteiger partial charge >= 0.3 is 0 Å². The quantitative estimate of drug-likeness (QED) is 0.878. The highest BCUT2D eigenvalue weighted by Gasteiger charge is 2.27. The van der Waals surface area contributed by atoms with Crippen LogP contribution in [0.5, 0.6) is 0 Å². The van der Waals surface area contributed by atoms with Crippen molar-refractivity contribution < 1.29 is 23.4 Å². The third kappa shape index (κ3) is 4.09. The largest absolute Gasteiger partial charge is 0.390 e. The van der Waals surface area contributed by atoms with Gasteiger partial charge in [0, 0.05) is 39.1 Å². The zero-order valence-electron chi connectivity index (χ0n) is 13.5. The third-order valence-electron chi connectivity index (χ3n) is 4.54. The Morgan fingerprint density at radius 2 is 2.08 bits per heavy atom. The van der Waals surface area contributed by atoms with Gasteiger partial charge in [0.15, 0.2) is 11.6 Å². The molecule has 2 atom stereocenters. The molecule has 2 aliphatic heterocycles. The Labute approximate surface area is 139 Å². The van der Waals surface area contributed by atoms with E-state index in [2.05, 4.69) is 0 Å². The van der Waals surface area contributed by atoms with Crippen LogP contribution in [-0.4, -0.2) is 66.2 Å². The molecule has 24 heavy (non-hydrogen) atoms. The highest BCUT2D eigenvalue weighted by atomic mass is 19.2. The van der Waals surface area contributed by atoms with Gasteiger partial charge in [0.1, 0.15) is 0 Å². The first kappa shape index (κ1) is 17.3. The topological polar surface area (TPSA) is 53.0 Å². The van der Waals surface area contributed by atoms with Gasteiger partial charge in [0.2, 0.25) is 5.91 Å². The first-order valence-corrected chi connectivity index (χ1v) is 8.27. The van der Waals surface area contributed by atoms with Gasteiger partial charge < -0.3 is 14.7 Å². The molecule has 0 bridgehead atoms. The summed E-state index contributed by atoms with van der Waals surface area (Å²) in [5.74, 6) is -1.67. The maximum absolute atomic E-state index is 13.4. The van der Waals surface area contributed by atoms with Crippen LogP contribution in [-0.2, 0) is 9.53 Å². The van der Waals surface area contributed by atoms with Gasteiger partial charge in [-0.3, -0.25) is 9.69 Å². The van der Waals surface area contributed by atoms with Crippen LogP contribution in [0.25, 0.3) is 0 Å². The lowest BCUT2D eigenvalue weighted by molar-refractivity contribution is -0.129. The van der Waals surface area contributed by atoms with Gasteiger partial charge in [0.05, 0.1) is 18.8 Å². The number of morpholine rings is 1. The van der Waals surface area contributed by atoms with Crippen molar-refractivity contribution in [2.24, 2.45) is 0 Å².